The molecule has 1 aromatic heterocycles. The second-order valence-electron chi connectivity index (χ2n) is 3.76. The maximum Gasteiger partial charge on any atom is 0.417 e. The molecule has 19 heavy (non-hydrogen) atoms. The molecule has 0 fully saturated rings. The molecule has 2 nitrogen and oxygen atoms in total. The highest BCUT2D eigenvalue weighted by Gasteiger charge is 2.35. The van der Waals surface area contributed by atoms with E-state index in [1.807, 2.05) is 0 Å². The molecule has 1 aromatic carbocycles. The van der Waals surface area contributed by atoms with Crippen LogP contribution >= 0.6 is 22.6 Å². The zero-order valence-corrected chi connectivity index (χ0v) is 11.6. The first-order chi connectivity index (χ1) is 8.89. The number of nitrogens with zero attached hydrogens (tertiary/aromatic N) is 1. The molecule has 98 valence electrons. The fourth-order valence-electron chi connectivity index (χ4n) is 1.58. The van der Waals surface area contributed by atoms with Crippen molar-refractivity contribution in [3.8, 4) is 0 Å². The van der Waals surface area contributed by atoms with Gasteiger partial charge in [0.15, 0.2) is 5.78 Å². The van der Waals surface area contributed by atoms with Gasteiger partial charge in [-0.2, -0.15) is 13.2 Å². The molecule has 6 heteroatoms. The van der Waals surface area contributed by atoms with E-state index in [1.165, 1.54) is 12.1 Å². The minimum atomic E-state index is -4.57. The Kier molecular flexibility index (Phi) is 3.88. The Morgan fingerprint density at radius 3 is 2.32 bits per heavy atom. The summed E-state index contributed by atoms with van der Waals surface area (Å²) in [5, 5.41) is 0. The molecule has 0 saturated carbocycles. The fourth-order valence-corrected chi connectivity index (χ4v) is 1.94. The van der Waals surface area contributed by atoms with Crippen molar-refractivity contribution in [3.05, 3.63) is 63.0 Å². The lowest BCUT2D eigenvalue weighted by Crippen LogP contribution is -2.14. The van der Waals surface area contributed by atoms with Crippen molar-refractivity contribution in [2.45, 2.75) is 6.18 Å². The molecule has 0 N–H and O–H groups in total. The van der Waals surface area contributed by atoms with Gasteiger partial charge in [0.05, 0.1) is 11.1 Å². The third-order valence-electron chi connectivity index (χ3n) is 2.48. The van der Waals surface area contributed by atoms with Crippen LogP contribution < -0.4 is 0 Å². The molecule has 2 rings (SSSR count). The SMILES string of the molecule is O=C(c1ccc(I)cc1)c1cnccc1C(F)(F)F. The minimum absolute atomic E-state index is 0.207. The van der Waals surface area contributed by atoms with Crippen molar-refractivity contribution < 1.29 is 18.0 Å². The van der Waals surface area contributed by atoms with E-state index in [-0.39, 0.29) is 5.56 Å². The second-order valence-corrected chi connectivity index (χ2v) is 5.00. The van der Waals surface area contributed by atoms with E-state index >= 15 is 0 Å². The number of carbonyl (C=O) groups excluding carboxylic acids is 1. The summed E-state index contributed by atoms with van der Waals surface area (Å²) in [5.41, 5.74) is -1.19. The fraction of sp³-hybridized carbons (Fsp3) is 0.0769. The Hall–Kier alpha value is -1.44. The standard InChI is InChI=1S/C13H7F3INO/c14-13(15,16)11-5-6-18-7-10(11)12(19)8-1-3-9(17)4-2-8/h1-7H. The summed E-state index contributed by atoms with van der Waals surface area (Å²) in [6, 6.07) is 7.13. The lowest BCUT2D eigenvalue weighted by molar-refractivity contribution is -0.137. The first-order valence-corrected chi connectivity index (χ1v) is 6.29. The van der Waals surface area contributed by atoms with Gasteiger partial charge in [0.1, 0.15) is 0 Å². The minimum Gasteiger partial charge on any atom is -0.289 e. The van der Waals surface area contributed by atoms with Crippen molar-refractivity contribution in [2.24, 2.45) is 0 Å². The number of rotatable bonds is 2. The average molecular weight is 377 g/mol. The van der Waals surface area contributed by atoms with Gasteiger partial charge < -0.3 is 0 Å². The van der Waals surface area contributed by atoms with E-state index in [4.69, 9.17) is 0 Å². The van der Waals surface area contributed by atoms with Gasteiger partial charge in [-0.15, -0.1) is 0 Å². The summed E-state index contributed by atoms with van der Waals surface area (Å²) in [6.45, 7) is 0. The first-order valence-electron chi connectivity index (χ1n) is 5.21. The van der Waals surface area contributed by atoms with Crippen LogP contribution in [0.4, 0.5) is 13.2 Å². The van der Waals surface area contributed by atoms with Crippen molar-refractivity contribution in [1.29, 1.82) is 0 Å². The number of aromatic nitrogens is 1. The van der Waals surface area contributed by atoms with Crippen molar-refractivity contribution in [1.82, 2.24) is 4.98 Å². The van der Waals surface area contributed by atoms with Crippen LogP contribution in [0.5, 0.6) is 0 Å². The first kappa shape index (κ1) is 14.0. The number of hydrogen-bond donors (Lipinski definition) is 0. The topological polar surface area (TPSA) is 30.0 Å². The molecule has 0 aliphatic carbocycles. The Morgan fingerprint density at radius 2 is 1.74 bits per heavy atom. The van der Waals surface area contributed by atoms with Gasteiger partial charge >= 0.3 is 6.18 Å². The molecular weight excluding hydrogens is 370 g/mol. The van der Waals surface area contributed by atoms with Gasteiger partial charge in [-0.1, -0.05) is 0 Å². The highest BCUT2D eigenvalue weighted by atomic mass is 127. The van der Waals surface area contributed by atoms with Crippen LogP contribution in [-0.2, 0) is 6.18 Å². The zero-order chi connectivity index (χ0) is 14.0. The lowest BCUT2D eigenvalue weighted by atomic mass is 10.0. The summed E-state index contributed by atoms with van der Waals surface area (Å²) < 4.78 is 39.3. The second kappa shape index (κ2) is 5.28. The molecule has 0 radical (unpaired) electrons. The zero-order valence-electron chi connectivity index (χ0n) is 9.41. The molecule has 0 aliphatic heterocycles. The molecule has 0 unspecified atom stereocenters. The largest absolute Gasteiger partial charge is 0.417 e. The van der Waals surface area contributed by atoms with Crippen LogP contribution in [0, 0.1) is 3.57 Å². The highest BCUT2D eigenvalue weighted by Crippen LogP contribution is 2.32. The molecular formula is C13H7F3INO. The van der Waals surface area contributed by atoms with Gasteiger partial charge in [-0.05, 0) is 52.9 Å². The molecule has 0 aliphatic rings. The lowest BCUT2D eigenvalue weighted by Gasteiger charge is -2.11. The molecule has 0 spiro atoms. The Bertz CT molecular complexity index is 608. The maximum atomic E-state index is 12.8. The summed E-state index contributed by atoms with van der Waals surface area (Å²) in [7, 11) is 0. The number of carbonyl (C=O) groups is 1. The average Bonchev–Trinajstić information content (AvgIpc) is 2.38. The van der Waals surface area contributed by atoms with Gasteiger partial charge in [-0.3, -0.25) is 9.78 Å². The van der Waals surface area contributed by atoms with Crippen molar-refractivity contribution >= 4 is 28.4 Å². The van der Waals surface area contributed by atoms with Gasteiger partial charge in [-0.25, -0.2) is 0 Å². The van der Waals surface area contributed by atoms with Crippen molar-refractivity contribution in [2.75, 3.05) is 0 Å². The molecule has 0 atom stereocenters. The van der Waals surface area contributed by atoms with Crippen LogP contribution in [0.3, 0.4) is 0 Å². The smallest absolute Gasteiger partial charge is 0.289 e. The number of ketones is 1. The number of alkyl halides is 3. The number of hydrogen-bond acceptors (Lipinski definition) is 2. The summed E-state index contributed by atoms with van der Waals surface area (Å²) >= 11 is 2.05. The van der Waals surface area contributed by atoms with Gasteiger partial charge in [0.25, 0.3) is 0 Å². The molecule has 0 bridgehead atoms. The summed E-state index contributed by atoms with van der Waals surface area (Å²) in [5.74, 6) is -0.683. The van der Waals surface area contributed by atoms with Crippen LogP contribution in [0.1, 0.15) is 21.5 Å². The van der Waals surface area contributed by atoms with E-state index in [0.29, 0.717) is 0 Å². The van der Waals surface area contributed by atoms with Gasteiger partial charge in [0.2, 0.25) is 0 Å². The van der Waals surface area contributed by atoms with E-state index in [2.05, 4.69) is 27.6 Å². The Labute approximate surface area is 120 Å². The van der Waals surface area contributed by atoms with Crippen LogP contribution in [0.25, 0.3) is 0 Å². The molecule has 0 amide bonds. The number of pyridine rings is 1. The van der Waals surface area contributed by atoms with Crippen LogP contribution in [0.2, 0.25) is 0 Å². The number of benzene rings is 1. The molecule has 1 heterocycles. The van der Waals surface area contributed by atoms with E-state index < -0.39 is 23.1 Å². The Balaban J connectivity index is 2.48. The van der Waals surface area contributed by atoms with E-state index in [0.717, 1.165) is 22.0 Å². The van der Waals surface area contributed by atoms with E-state index in [9.17, 15) is 18.0 Å². The monoisotopic (exact) mass is 377 g/mol. The summed E-state index contributed by atoms with van der Waals surface area (Å²) in [4.78, 5) is 15.7. The van der Waals surface area contributed by atoms with E-state index in [1.54, 1.807) is 12.1 Å². The number of halogens is 4. The summed E-state index contributed by atoms with van der Waals surface area (Å²) in [6.07, 6.45) is -2.60. The predicted molar refractivity (Wildman–Crippen MR) is 71.8 cm³/mol. The van der Waals surface area contributed by atoms with Crippen LogP contribution in [-0.4, -0.2) is 10.8 Å². The normalized spacial score (nSPS) is 11.4. The van der Waals surface area contributed by atoms with Crippen molar-refractivity contribution in [3.63, 3.8) is 0 Å². The quantitative estimate of drug-likeness (QED) is 0.587. The highest BCUT2D eigenvalue weighted by molar-refractivity contribution is 14.1. The van der Waals surface area contributed by atoms with Crippen LogP contribution in [0.15, 0.2) is 42.7 Å². The predicted octanol–water partition coefficient (Wildman–Crippen LogP) is 3.94. The third kappa shape index (κ3) is 3.12. The molecule has 0 saturated heterocycles. The maximum absolute atomic E-state index is 12.8. The van der Waals surface area contributed by atoms with Gasteiger partial charge in [0, 0.05) is 21.5 Å². The molecule has 2 aromatic rings. The third-order valence-corrected chi connectivity index (χ3v) is 3.20. The Morgan fingerprint density at radius 1 is 1.11 bits per heavy atom.